The van der Waals surface area contributed by atoms with Gasteiger partial charge >= 0.3 is 0 Å². The SMILES string of the molecule is CC(=O)CO[C@H]1O[C@H](CO)[C@@H](O)[C@H](O)[C@H]1O. The van der Waals surface area contributed by atoms with Crippen LogP contribution in [0.1, 0.15) is 6.92 Å². The van der Waals surface area contributed by atoms with Crippen molar-refractivity contribution < 1.29 is 34.7 Å². The van der Waals surface area contributed by atoms with Crippen LogP contribution in [0, 0.1) is 0 Å². The molecule has 1 fully saturated rings. The topological polar surface area (TPSA) is 116 Å². The van der Waals surface area contributed by atoms with Gasteiger partial charge in [0.15, 0.2) is 12.1 Å². The molecule has 7 nitrogen and oxygen atoms in total. The van der Waals surface area contributed by atoms with Gasteiger partial charge in [0.25, 0.3) is 0 Å². The van der Waals surface area contributed by atoms with Crippen LogP contribution < -0.4 is 0 Å². The second-order valence-electron chi connectivity index (χ2n) is 3.71. The summed E-state index contributed by atoms with van der Waals surface area (Å²) in [6.45, 7) is 0.498. The van der Waals surface area contributed by atoms with Crippen LogP contribution in [0.15, 0.2) is 0 Å². The number of hydrogen-bond acceptors (Lipinski definition) is 7. The molecule has 0 unspecified atom stereocenters. The van der Waals surface area contributed by atoms with Crippen molar-refractivity contribution in [3.8, 4) is 0 Å². The summed E-state index contributed by atoms with van der Waals surface area (Å²) in [6, 6.07) is 0. The fourth-order valence-corrected chi connectivity index (χ4v) is 1.40. The lowest BCUT2D eigenvalue weighted by Crippen LogP contribution is -2.59. The maximum atomic E-state index is 10.7. The van der Waals surface area contributed by atoms with Gasteiger partial charge in [0.2, 0.25) is 0 Å². The summed E-state index contributed by atoms with van der Waals surface area (Å²) in [7, 11) is 0. The van der Waals surface area contributed by atoms with E-state index in [4.69, 9.17) is 14.6 Å². The van der Waals surface area contributed by atoms with E-state index in [1.165, 1.54) is 6.92 Å². The molecular weight excluding hydrogens is 220 g/mol. The van der Waals surface area contributed by atoms with Crippen molar-refractivity contribution in [1.29, 1.82) is 0 Å². The van der Waals surface area contributed by atoms with Gasteiger partial charge in [0.1, 0.15) is 31.0 Å². The highest BCUT2D eigenvalue weighted by atomic mass is 16.7. The number of carbonyl (C=O) groups is 1. The van der Waals surface area contributed by atoms with Crippen molar-refractivity contribution >= 4 is 5.78 Å². The first kappa shape index (κ1) is 13.5. The molecule has 1 saturated heterocycles. The Labute approximate surface area is 92.2 Å². The zero-order chi connectivity index (χ0) is 12.3. The van der Waals surface area contributed by atoms with Gasteiger partial charge in [0.05, 0.1) is 6.61 Å². The van der Waals surface area contributed by atoms with Gasteiger partial charge in [0, 0.05) is 0 Å². The monoisotopic (exact) mass is 236 g/mol. The van der Waals surface area contributed by atoms with Gasteiger partial charge in [-0.25, -0.2) is 0 Å². The average Bonchev–Trinajstić information content (AvgIpc) is 2.25. The van der Waals surface area contributed by atoms with Crippen molar-refractivity contribution in [2.75, 3.05) is 13.2 Å². The van der Waals surface area contributed by atoms with E-state index in [-0.39, 0.29) is 12.4 Å². The standard InChI is InChI=1S/C9H16O7/c1-4(11)3-15-9-8(14)7(13)6(12)5(2-10)16-9/h5-10,12-14H,2-3H2,1H3/t5-,6-,7+,8-,9+/m1/s1. The molecule has 0 aromatic rings. The molecule has 0 saturated carbocycles. The molecule has 0 aromatic heterocycles. The molecule has 1 aliphatic heterocycles. The summed E-state index contributed by atoms with van der Waals surface area (Å²) in [5.41, 5.74) is 0. The number of Topliss-reactive ketones (excluding diaryl/α,β-unsaturated/α-hetero) is 1. The largest absolute Gasteiger partial charge is 0.394 e. The van der Waals surface area contributed by atoms with Crippen LogP contribution in [0.25, 0.3) is 0 Å². The first-order chi connectivity index (χ1) is 7.47. The van der Waals surface area contributed by atoms with E-state index in [0.717, 1.165) is 0 Å². The van der Waals surface area contributed by atoms with Crippen molar-refractivity contribution in [3.63, 3.8) is 0 Å². The Morgan fingerprint density at radius 1 is 1.25 bits per heavy atom. The van der Waals surface area contributed by atoms with Gasteiger partial charge in [-0.05, 0) is 6.92 Å². The summed E-state index contributed by atoms with van der Waals surface area (Å²) in [5, 5.41) is 37.2. The fraction of sp³-hybridized carbons (Fsp3) is 0.889. The predicted octanol–water partition coefficient (Wildman–Crippen LogP) is -2.61. The third kappa shape index (κ3) is 2.97. The van der Waals surface area contributed by atoms with Gasteiger partial charge in [-0.3, -0.25) is 4.79 Å². The minimum atomic E-state index is -1.48. The van der Waals surface area contributed by atoms with Crippen molar-refractivity contribution in [1.82, 2.24) is 0 Å². The predicted molar refractivity (Wildman–Crippen MR) is 50.4 cm³/mol. The summed E-state index contributed by atoms with van der Waals surface area (Å²) in [4.78, 5) is 10.7. The molecule has 7 heteroatoms. The molecular formula is C9H16O7. The van der Waals surface area contributed by atoms with E-state index in [1.54, 1.807) is 0 Å². The second kappa shape index (κ2) is 5.67. The Hall–Kier alpha value is -0.570. The first-order valence-electron chi connectivity index (χ1n) is 4.89. The highest BCUT2D eigenvalue weighted by Crippen LogP contribution is 2.21. The molecule has 0 amide bonds. The van der Waals surface area contributed by atoms with Gasteiger partial charge in [-0.1, -0.05) is 0 Å². The van der Waals surface area contributed by atoms with Crippen LogP contribution in [-0.4, -0.2) is 70.1 Å². The average molecular weight is 236 g/mol. The molecule has 1 heterocycles. The van der Waals surface area contributed by atoms with E-state index in [0.29, 0.717) is 0 Å². The van der Waals surface area contributed by atoms with E-state index >= 15 is 0 Å². The fourth-order valence-electron chi connectivity index (χ4n) is 1.40. The van der Waals surface area contributed by atoms with Crippen molar-refractivity contribution in [3.05, 3.63) is 0 Å². The van der Waals surface area contributed by atoms with Crippen LogP contribution in [0.4, 0.5) is 0 Å². The summed E-state index contributed by atoms with van der Waals surface area (Å²) in [5.74, 6) is -0.267. The quantitative estimate of drug-likeness (QED) is 0.422. The molecule has 0 bridgehead atoms. The number of ketones is 1. The minimum absolute atomic E-state index is 0.267. The molecule has 4 N–H and O–H groups in total. The lowest BCUT2D eigenvalue weighted by molar-refractivity contribution is -0.299. The number of aliphatic hydroxyl groups excluding tert-OH is 4. The van der Waals surface area contributed by atoms with Crippen LogP contribution in [0.2, 0.25) is 0 Å². The minimum Gasteiger partial charge on any atom is -0.394 e. The van der Waals surface area contributed by atoms with E-state index in [1.807, 2.05) is 0 Å². The Kier molecular flexibility index (Phi) is 4.78. The third-order valence-electron chi connectivity index (χ3n) is 2.30. The van der Waals surface area contributed by atoms with Crippen LogP contribution in [-0.2, 0) is 14.3 Å². The van der Waals surface area contributed by atoms with E-state index < -0.39 is 37.3 Å². The lowest BCUT2D eigenvalue weighted by atomic mass is 9.99. The lowest BCUT2D eigenvalue weighted by Gasteiger charge is -2.39. The third-order valence-corrected chi connectivity index (χ3v) is 2.30. The Morgan fingerprint density at radius 2 is 1.88 bits per heavy atom. The highest BCUT2D eigenvalue weighted by molar-refractivity contribution is 5.76. The molecule has 1 rings (SSSR count). The number of ether oxygens (including phenoxy) is 2. The van der Waals surface area contributed by atoms with Crippen LogP contribution >= 0.6 is 0 Å². The molecule has 94 valence electrons. The Morgan fingerprint density at radius 3 is 2.38 bits per heavy atom. The first-order valence-corrected chi connectivity index (χ1v) is 4.89. The zero-order valence-corrected chi connectivity index (χ0v) is 8.81. The molecule has 1 aliphatic rings. The summed E-state index contributed by atoms with van der Waals surface area (Å²) < 4.78 is 9.90. The highest BCUT2D eigenvalue weighted by Gasteiger charge is 2.43. The van der Waals surface area contributed by atoms with Crippen molar-refractivity contribution in [2.24, 2.45) is 0 Å². The van der Waals surface area contributed by atoms with Gasteiger partial charge in [-0.2, -0.15) is 0 Å². The van der Waals surface area contributed by atoms with E-state index in [9.17, 15) is 20.1 Å². The molecule has 16 heavy (non-hydrogen) atoms. The Bertz CT molecular complexity index is 242. The van der Waals surface area contributed by atoms with Gasteiger partial charge in [-0.15, -0.1) is 0 Å². The smallest absolute Gasteiger partial charge is 0.187 e. The van der Waals surface area contributed by atoms with Gasteiger partial charge < -0.3 is 29.9 Å². The summed E-state index contributed by atoms with van der Waals surface area (Å²) in [6.07, 6.45) is -6.62. The maximum absolute atomic E-state index is 10.7. The normalized spacial score (nSPS) is 39.7. The molecule has 0 aromatic carbocycles. The Balaban J connectivity index is 2.60. The second-order valence-corrected chi connectivity index (χ2v) is 3.71. The van der Waals surface area contributed by atoms with Crippen LogP contribution in [0.3, 0.4) is 0 Å². The van der Waals surface area contributed by atoms with Crippen LogP contribution in [0.5, 0.6) is 0 Å². The number of aliphatic hydroxyl groups is 4. The number of carbonyl (C=O) groups excluding carboxylic acids is 1. The zero-order valence-electron chi connectivity index (χ0n) is 8.81. The number of hydrogen-bond donors (Lipinski definition) is 4. The number of rotatable bonds is 4. The molecule has 5 atom stereocenters. The summed E-state index contributed by atoms with van der Waals surface area (Å²) >= 11 is 0. The van der Waals surface area contributed by atoms with E-state index in [2.05, 4.69) is 0 Å². The maximum Gasteiger partial charge on any atom is 0.187 e. The molecule has 0 spiro atoms. The molecule has 0 aliphatic carbocycles. The van der Waals surface area contributed by atoms with Crippen molar-refractivity contribution in [2.45, 2.75) is 37.6 Å². The molecule has 0 radical (unpaired) electrons.